The van der Waals surface area contributed by atoms with E-state index in [0.29, 0.717) is 48.5 Å². The normalized spacial score (nSPS) is 20.6. The lowest BCUT2D eigenvalue weighted by molar-refractivity contribution is 0.243. The Kier molecular flexibility index (Phi) is 4.32. The number of aryl methyl sites for hydroxylation is 2. The molecular weight excluding hydrogens is 394 g/mol. The van der Waals surface area contributed by atoms with Crippen molar-refractivity contribution in [1.82, 2.24) is 34.3 Å². The number of hydrogen-bond donors (Lipinski definition) is 1. The molecule has 1 aliphatic heterocycles. The number of aromatic nitrogens is 6. The van der Waals surface area contributed by atoms with Gasteiger partial charge in [0.15, 0.2) is 11.5 Å². The van der Waals surface area contributed by atoms with Crippen LogP contribution in [0, 0.1) is 19.8 Å². The lowest BCUT2D eigenvalue weighted by atomic mass is 10.1. The zero-order valence-corrected chi connectivity index (χ0v) is 17.2. The van der Waals surface area contributed by atoms with Gasteiger partial charge in [0.05, 0.1) is 18.0 Å². The fourth-order valence-electron chi connectivity index (χ4n) is 3.87. The smallest absolute Gasteiger partial charge is 0.246 e. The number of nitrogens with one attached hydrogen (secondary N) is 1. The van der Waals surface area contributed by atoms with Crippen LogP contribution < -0.4 is 4.74 Å². The summed E-state index contributed by atoms with van der Waals surface area (Å²) in [6.07, 6.45) is 2.99. The van der Waals surface area contributed by atoms with Gasteiger partial charge in [0.1, 0.15) is 4.90 Å². The molecule has 0 bridgehead atoms. The first-order valence-electron chi connectivity index (χ1n) is 9.80. The van der Waals surface area contributed by atoms with Gasteiger partial charge in [0.25, 0.3) is 0 Å². The van der Waals surface area contributed by atoms with Crippen LogP contribution in [0.5, 0.6) is 5.88 Å². The molecule has 29 heavy (non-hydrogen) atoms. The lowest BCUT2D eigenvalue weighted by Crippen LogP contribution is -2.30. The molecule has 0 aromatic carbocycles. The van der Waals surface area contributed by atoms with Crippen LogP contribution in [0.1, 0.15) is 42.4 Å². The van der Waals surface area contributed by atoms with E-state index >= 15 is 0 Å². The van der Waals surface area contributed by atoms with Crippen molar-refractivity contribution < 1.29 is 13.2 Å². The molecule has 1 saturated heterocycles. The van der Waals surface area contributed by atoms with E-state index in [1.54, 1.807) is 24.4 Å². The summed E-state index contributed by atoms with van der Waals surface area (Å²) in [6, 6.07) is 3.62. The van der Waals surface area contributed by atoms with E-state index in [2.05, 4.69) is 25.5 Å². The van der Waals surface area contributed by atoms with E-state index in [4.69, 9.17) is 4.74 Å². The van der Waals surface area contributed by atoms with Gasteiger partial charge >= 0.3 is 0 Å². The third-order valence-electron chi connectivity index (χ3n) is 5.58. The van der Waals surface area contributed by atoms with Crippen LogP contribution in [-0.4, -0.2) is 62.4 Å². The Morgan fingerprint density at radius 3 is 2.76 bits per heavy atom. The predicted octanol–water partition coefficient (Wildman–Crippen LogP) is 1.43. The third kappa shape index (κ3) is 3.27. The summed E-state index contributed by atoms with van der Waals surface area (Å²) in [6.45, 7) is 4.75. The van der Waals surface area contributed by atoms with E-state index in [1.165, 1.54) is 4.31 Å². The van der Waals surface area contributed by atoms with Gasteiger partial charge in [0, 0.05) is 31.0 Å². The topological polar surface area (TPSA) is 118 Å². The number of rotatable bonds is 6. The second-order valence-electron chi connectivity index (χ2n) is 7.87. The fraction of sp³-hybridized carbons (Fsp3) is 0.556. The minimum Gasteiger partial charge on any atom is -0.476 e. The SMILES string of the molecule is Cc1n[nH]c(C)c1S(=O)(=O)N1CCC(COc2ccc3nnc(C4CC4)n3n2)C1. The molecule has 154 valence electrons. The molecule has 4 heterocycles. The monoisotopic (exact) mass is 417 g/mol. The Hall–Kier alpha value is -2.53. The second-order valence-corrected chi connectivity index (χ2v) is 9.74. The highest BCUT2D eigenvalue weighted by atomic mass is 32.2. The van der Waals surface area contributed by atoms with Crippen molar-refractivity contribution in [2.45, 2.75) is 43.9 Å². The summed E-state index contributed by atoms with van der Waals surface area (Å²) in [5.41, 5.74) is 1.78. The van der Waals surface area contributed by atoms with Crippen LogP contribution in [0.15, 0.2) is 17.0 Å². The van der Waals surface area contributed by atoms with Crippen molar-refractivity contribution in [3.63, 3.8) is 0 Å². The Bertz CT molecular complexity index is 1150. The Labute approximate surface area is 168 Å². The summed E-state index contributed by atoms with van der Waals surface area (Å²) in [7, 11) is -3.55. The highest BCUT2D eigenvalue weighted by molar-refractivity contribution is 7.89. The number of ether oxygens (including phenoxy) is 1. The van der Waals surface area contributed by atoms with E-state index in [1.807, 2.05) is 6.07 Å². The van der Waals surface area contributed by atoms with Crippen molar-refractivity contribution in [2.75, 3.05) is 19.7 Å². The van der Waals surface area contributed by atoms with Gasteiger partial charge in [-0.1, -0.05) is 0 Å². The van der Waals surface area contributed by atoms with E-state index < -0.39 is 10.0 Å². The number of fused-ring (bicyclic) bond motifs is 1. The van der Waals surface area contributed by atoms with E-state index in [-0.39, 0.29) is 10.8 Å². The fourth-order valence-corrected chi connectivity index (χ4v) is 5.73. The largest absolute Gasteiger partial charge is 0.476 e. The quantitative estimate of drug-likeness (QED) is 0.644. The first-order valence-corrected chi connectivity index (χ1v) is 11.2. The number of aromatic amines is 1. The minimum atomic E-state index is -3.55. The number of hydrogen-bond acceptors (Lipinski definition) is 7. The molecule has 2 fully saturated rings. The molecular formula is C18H23N7O3S. The maximum Gasteiger partial charge on any atom is 0.246 e. The Balaban J connectivity index is 1.26. The zero-order chi connectivity index (χ0) is 20.2. The van der Waals surface area contributed by atoms with Crippen molar-refractivity contribution in [1.29, 1.82) is 0 Å². The van der Waals surface area contributed by atoms with Gasteiger partial charge < -0.3 is 4.74 Å². The summed E-state index contributed by atoms with van der Waals surface area (Å²) in [4.78, 5) is 0.284. The van der Waals surface area contributed by atoms with Gasteiger partial charge in [-0.15, -0.1) is 15.3 Å². The molecule has 3 aromatic heterocycles. The summed E-state index contributed by atoms with van der Waals surface area (Å²) >= 11 is 0. The molecule has 5 rings (SSSR count). The maximum atomic E-state index is 13.0. The highest BCUT2D eigenvalue weighted by Gasteiger charge is 2.35. The van der Waals surface area contributed by atoms with Crippen molar-refractivity contribution in [3.8, 4) is 5.88 Å². The van der Waals surface area contributed by atoms with E-state index in [9.17, 15) is 8.42 Å². The molecule has 1 atom stereocenters. The number of H-pyrrole nitrogens is 1. The van der Waals surface area contributed by atoms with Crippen molar-refractivity contribution >= 4 is 15.7 Å². The molecule has 1 aliphatic carbocycles. The molecule has 1 N–H and O–H groups in total. The molecule has 1 saturated carbocycles. The van der Waals surface area contributed by atoms with Gasteiger partial charge in [-0.25, -0.2) is 8.42 Å². The standard InChI is InChI=1S/C18H23N7O3S/c1-11-17(12(2)20-19-11)29(26,27)24-8-7-13(9-24)10-28-16-6-5-15-21-22-18(14-3-4-14)25(15)23-16/h5-6,13-14H,3-4,7-10H2,1-2H3,(H,19,20). The maximum absolute atomic E-state index is 13.0. The van der Waals surface area contributed by atoms with Gasteiger partial charge in [-0.05, 0) is 39.2 Å². The molecule has 0 radical (unpaired) electrons. The van der Waals surface area contributed by atoms with Crippen LogP contribution >= 0.6 is 0 Å². The average Bonchev–Trinajstić information content (AvgIpc) is 3.12. The molecule has 3 aromatic rings. The molecule has 0 amide bonds. The molecule has 1 unspecified atom stereocenters. The van der Waals surface area contributed by atoms with Crippen LogP contribution in [0.2, 0.25) is 0 Å². The zero-order valence-electron chi connectivity index (χ0n) is 16.4. The van der Waals surface area contributed by atoms with E-state index in [0.717, 1.165) is 25.1 Å². The summed E-state index contributed by atoms with van der Waals surface area (Å²) < 4.78 is 35.1. The van der Waals surface area contributed by atoms with Crippen LogP contribution in [0.3, 0.4) is 0 Å². The van der Waals surface area contributed by atoms with Crippen LogP contribution in [-0.2, 0) is 10.0 Å². The van der Waals surface area contributed by atoms with Gasteiger partial charge in [-0.2, -0.15) is 13.9 Å². The Morgan fingerprint density at radius 1 is 1.21 bits per heavy atom. The highest BCUT2D eigenvalue weighted by Crippen LogP contribution is 2.38. The number of sulfonamides is 1. The van der Waals surface area contributed by atoms with Crippen LogP contribution in [0.4, 0.5) is 0 Å². The summed E-state index contributed by atoms with van der Waals surface area (Å²) in [5, 5.41) is 19.7. The second kappa shape index (κ2) is 6.77. The van der Waals surface area contributed by atoms with Gasteiger partial charge in [0.2, 0.25) is 15.9 Å². The first kappa shape index (κ1) is 18.5. The predicted molar refractivity (Wildman–Crippen MR) is 103 cm³/mol. The average molecular weight is 417 g/mol. The third-order valence-corrected chi connectivity index (χ3v) is 7.71. The van der Waals surface area contributed by atoms with Gasteiger partial charge in [-0.3, -0.25) is 5.10 Å². The number of nitrogens with zero attached hydrogens (tertiary/aromatic N) is 6. The van der Waals surface area contributed by atoms with Crippen molar-refractivity contribution in [2.24, 2.45) is 5.92 Å². The molecule has 0 spiro atoms. The molecule has 10 nitrogen and oxygen atoms in total. The Morgan fingerprint density at radius 2 is 2.03 bits per heavy atom. The molecule has 2 aliphatic rings. The summed E-state index contributed by atoms with van der Waals surface area (Å²) in [5.74, 6) is 1.94. The first-order chi connectivity index (χ1) is 13.9. The molecule has 11 heteroatoms. The van der Waals surface area contributed by atoms with Crippen LogP contribution in [0.25, 0.3) is 5.65 Å². The van der Waals surface area contributed by atoms with Crippen molar-refractivity contribution in [3.05, 3.63) is 29.3 Å². The minimum absolute atomic E-state index is 0.110. The lowest BCUT2D eigenvalue weighted by Gasteiger charge is -2.17.